The van der Waals surface area contributed by atoms with Crippen molar-refractivity contribution in [2.75, 3.05) is 13.2 Å². The molecule has 0 aliphatic heterocycles. The first-order valence-corrected chi connectivity index (χ1v) is 11.1. The first kappa shape index (κ1) is 25.4. The number of benzene rings is 2. The summed E-state index contributed by atoms with van der Waals surface area (Å²) in [6.07, 6.45) is -10.3. The third-order valence-electron chi connectivity index (χ3n) is 4.50. The van der Waals surface area contributed by atoms with Crippen LogP contribution >= 0.6 is 0 Å². The Bertz CT molecular complexity index is 1210. The van der Waals surface area contributed by atoms with Crippen LogP contribution in [-0.2, 0) is 22.4 Å². The number of nitrogens with zero attached hydrogens (tertiary/aromatic N) is 2. The summed E-state index contributed by atoms with van der Waals surface area (Å²) in [5.41, 5.74) is -1.01. The van der Waals surface area contributed by atoms with Crippen molar-refractivity contribution in [3.63, 3.8) is 0 Å². The molecule has 34 heavy (non-hydrogen) atoms. The molecule has 1 aromatic heterocycles. The van der Waals surface area contributed by atoms with E-state index in [0.29, 0.717) is 5.69 Å². The van der Waals surface area contributed by atoms with Gasteiger partial charge in [0.1, 0.15) is 6.61 Å². The van der Waals surface area contributed by atoms with E-state index >= 15 is 0 Å². The van der Waals surface area contributed by atoms with Crippen molar-refractivity contribution in [1.82, 2.24) is 14.9 Å². The van der Waals surface area contributed by atoms with Crippen molar-refractivity contribution in [2.45, 2.75) is 24.2 Å². The van der Waals surface area contributed by atoms with Crippen molar-refractivity contribution < 1.29 is 39.5 Å². The number of hydrogen-bond donors (Lipinski definition) is 1. The Balaban J connectivity index is 1.65. The number of aryl methyl sites for hydroxylation is 1. The quantitative estimate of drug-likeness (QED) is 0.367. The Labute approximate surface area is 190 Å². The molecule has 0 saturated heterocycles. The highest BCUT2D eigenvalue weighted by molar-refractivity contribution is 7.89. The van der Waals surface area contributed by atoms with Gasteiger partial charge in [0.15, 0.2) is 0 Å². The van der Waals surface area contributed by atoms with Crippen LogP contribution in [0.5, 0.6) is 5.88 Å². The van der Waals surface area contributed by atoms with Crippen molar-refractivity contribution >= 4 is 10.0 Å². The fraction of sp³-hybridized carbons (Fsp3) is 0.238. The first-order chi connectivity index (χ1) is 15.8. The molecule has 0 atom stereocenters. The van der Waals surface area contributed by atoms with Gasteiger partial charge in [0.2, 0.25) is 15.9 Å². The molecule has 1 N–H and O–H groups in total. The predicted octanol–water partition coefficient (Wildman–Crippen LogP) is 4.85. The van der Waals surface area contributed by atoms with Gasteiger partial charge < -0.3 is 4.74 Å². The largest absolute Gasteiger partial charge is 0.475 e. The predicted molar refractivity (Wildman–Crippen MR) is 109 cm³/mol. The molecule has 0 saturated carbocycles. The number of halogens is 6. The van der Waals surface area contributed by atoms with Crippen LogP contribution in [0.3, 0.4) is 0 Å². The summed E-state index contributed by atoms with van der Waals surface area (Å²) >= 11 is 0. The number of nitrogens with one attached hydrogen (secondary N) is 1. The highest BCUT2D eigenvalue weighted by Crippen LogP contribution is 2.37. The molecule has 0 bridgehead atoms. The topological polar surface area (TPSA) is 81.2 Å². The molecule has 0 aliphatic rings. The van der Waals surface area contributed by atoms with E-state index in [9.17, 15) is 34.8 Å². The summed E-state index contributed by atoms with van der Waals surface area (Å²) in [6.45, 7) is 1.19. The van der Waals surface area contributed by atoms with Crippen molar-refractivity contribution in [2.24, 2.45) is 0 Å². The highest BCUT2D eigenvalue weighted by Gasteiger charge is 2.38. The molecule has 13 heteroatoms. The van der Waals surface area contributed by atoms with E-state index in [4.69, 9.17) is 4.74 Å². The zero-order valence-electron chi connectivity index (χ0n) is 17.4. The van der Waals surface area contributed by atoms with Crippen molar-refractivity contribution in [3.05, 3.63) is 71.3 Å². The number of ether oxygens (including phenoxy) is 1. The zero-order chi connectivity index (χ0) is 25.1. The van der Waals surface area contributed by atoms with Crippen LogP contribution in [-0.4, -0.2) is 31.8 Å². The molecule has 0 radical (unpaired) electrons. The number of rotatable bonds is 7. The lowest BCUT2D eigenvalue weighted by Gasteiger charge is -2.15. The molecule has 182 valence electrons. The summed E-state index contributed by atoms with van der Waals surface area (Å²) < 4.78 is 109. The van der Waals surface area contributed by atoms with Crippen LogP contribution in [0.25, 0.3) is 11.3 Å². The Hall–Kier alpha value is -3.19. The number of sulfonamides is 1. The van der Waals surface area contributed by atoms with Gasteiger partial charge in [-0.05, 0) is 31.2 Å². The summed E-state index contributed by atoms with van der Waals surface area (Å²) in [5, 5.41) is 7.84. The standard InChI is InChI=1S/C21H17F6N3O3S/c1-13-2-4-14(5-3-13)18-6-7-19(30-29-18)33-9-8-28-34(31,32)17-11-15(20(22,23)24)10-16(12-17)21(25,26)27/h2-7,10-12,28H,8-9H2,1H3. The number of hydrogen-bond acceptors (Lipinski definition) is 5. The minimum atomic E-state index is -5.17. The normalized spacial score (nSPS) is 12.6. The minimum absolute atomic E-state index is 0.0495. The second-order valence-corrected chi connectivity index (χ2v) is 8.88. The lowest BCUT2D eigenvalue weighted by atomic mass is 10.1. The van der Waals surface area contributed by atoms with Gasteiger partial charge in [0, 0.05) is 18.2 Å². The summed E-state index contributed by atoms with van der Waals surface area (Å²) in [4.78, 5) is -1.17. The average molecular weight is 505 g/mol. The second kappa shape index (κ2) is 9.58. The molecule has 2 aromatic carbocycles. The third kappa shape index (κ3) is 6.44. The zero-order valence-corrected chi connectivity index (χ0v) is 18.2. The number of alkyl halides is 6. The fourth-order valence-corrected chi connectivity index (χ4v) is 3.85. The average Bonchev–Trinajstić information content (AvgIpc) is 2.76. The Kier molecular flexibility index (Phi) is 7.17. The van der Waals surface area contributed by atoms with Gasteiger partial charge in [-0.2, -0.15) is 26.3 Å². The van der Waals surface area contributed by atoms with E-state index in [1.54, 1.807) is 6.07 Å². The van der Waals surface area contributed by atoms with Crippen LogP contribution in [0.4, 0.5) is 26.3 Å². The number of aromatic nitrogens is 2. The van der Waals surface area contributed by atoms with Gasteiger partial charge in [-0.15, -0.1) is 10.2 Å². The molecular formula is C21H17F6N3O3S. The van der Waals surface area contributed by atoms with E-state index in [-0.39, 0.29) is 30.7 Å². The fourth-order valence-electron chi connectivity index (χ4n) is 2.77. The Morgan fingerprint density at radius 1 is 0.853 bits per heavy atom. The summed E-state index contributed by atoms with van der Waals surface area (Å²) in [7, 11) is -4.69. The Morgan fingerprint density at radius 2 is 1.44 bits per heavy atom. The maximum absolute atomic E-state index is 13.0. The van der Waals surface area contributed by atoms with Crippen LogP contribution in [0.15, 0.2) is 59.5 Å². The minimum Gasteiger partial charge on any atom is -0.475 e. The van der Waals surface area contributed by atoms with E-state index in [1.165, 1.54) is 6.07 Å². The van der Waals surface area contributed by atoms with E-state index in [1.807, 2.05) is 35.9 Å². The smallest absolute Gasteiger partial charge is 0.416 e. The SMILES string of the molecule is Cc1ccc(-c2ccc(OCCNS(=O)(=O)c3cc(C(F)(F)F)cc(C(F)(F)F)c3)nn2)cc1. The van der Waals surface area contributed by atoms with Gasteiger partial charge >= 0.3 is 12.4 Å². The summed E-state index contributed by atoms with van der Waals surface area (Å²) in [5.74, 6) is 0.0495. The molecule has 6 nitrogen and oxygen atoms in total. The molecule has 0 unspecified atom stereocenters. The monoisotopic (exact) mass is 505 g/mol. The maximum atomic E-state index is 13.0. The molecule has 0 fully saturated rings. The van der Waals surface area contributed by atoms with Crippen molar-refractivity contribution in [3.8, 4) is 17.1 Å². The van der Waals surface area contributed by atoms with E-state index in [2.05, 4.69) is 10.2 Å². The van der Waals surface area contributed by atoms with Crippen LogP contribution in [0, 0.1) is 6.92 Å². The van der Waals surface area contributed by atoms with Gasteiger partial charge in [-0.1, -0.05) is 29.8 Å². The first-order valence-electron chi connectivity index (χ1n) is 9.58. The van der Waals surface area contributed by atoms with Gasteiger partial charge in [0.25, 0.3) is 0 Å². The lowest BCUT2D eigenvalue weighted by molar-refractivity contribution is -0.143. The van der Waals surface area contributed by atoms with E-state index < -0.39 is 44.9 Å². The van der Waals surface area contributed by atoms with Gasteiger partial charge in [0.05, 0.1) is 21.7 Å². The van der Waals surface area contributed by atoms with Crippen LogP contribution in [0.2, 0.25) is 0 Å². The molecule has 3 rings (SSSR count). The van der Waals surface area contributed by atoms with Crippen LogP contribution in [0.1, 0.15) is 16.7 Å². The molecular weight excluding hydrogens is 488 g/mol. The van der Waals surface area contributed by atoms with Crippen molar-refractivity contribution in [1.29, 1.82) is 0 Å². The van der Waals surface area contributed by atoms with Crippen LogP contribution < -0.4 is 9.46 Å². The summed E-state index contributed by atoms with van der Waals surface area (Å²) in [6, 6.07) is 10.7. The highest BCUT2D eigenvalue weighted by atomic mass is 32.2. The molecule has 0 spiro atoms. The second-order valence-electron chi connectivity index (χ2n) is 7.11. The maximum Gasteiger partial charge on any atom is 0.416 e. The molecule has 1 heterocycles. The molecule has 0 aliphatic carbocycles. The third-order valence-corrected chi connectivity index (χ3v) is 5.94. The van der Waals surface area contributed by atoms with Gasteiger partial charge in [-0.25, -0.2) is 13.1 Å². The lowest BCUT2D eigenvalue weighted by Crippen LogP contribution is -2.29. The molecule has 0 amide bonds. The Morgan fingerprint density at radius 3 is 1.94 bits per heavy atom. The van der Waals surface area contributed by atoms with Gasteiger partial charge in [-0.3, -0.25) is 0 Å². The molecule has 3 aromatic rings. The van der Waals surface area contributed by atoms with E-state index in [0.717, 1.165) is 11.1 Å².